The molecule has 1 heterocycles. The Hall–Kier alpha value is -2.90. The predicted molar refractivity (Wildman–Crippen MR) is 109 cm³/mol. The minimum absolute atomic E-state index is 0.0254. The van der Waals surface area contributed by atoms with Gasteiger partial charge in [-0.25, -0.2) is 14.8 Å². The van der Waals surface area contributed by atoms with Crippen LogP contribution in [0.1, 0.15) is 31.4 Å². The number of amides is 1. The van der Waals surface area contributed by atoms with Crippen molar-refractivity contribution in [3.8, 4) is 5.75 Å². The van der Waals surface area contributed by atoms with E-state index in [1.54, 1.807) is 23.2 Å². The van der Waals surface area contributed by atoms with E-state index in [4.69, 9.17) is 9.84 Å². The van der Waals surface area contributed by atoms with Gasteiger partial charge >= 0.3 is 5.97 Å². The molecule has 0 aliphatic carbocycles. The highest BCUT2D eigenvalue weighted by Gasteiger charge is 2.30. The van der Waals surface area contributed by atoms with E-state index in [0.29, 0.717) is 25.3 Å². The molecule has 0 bridgehead atoms. The van der Waals surface area contributed by atoms with Gasteiger partial charge in [0.15, 0.2) is 6.61 Å². The van der Waals surface area contributed by atoms with Crippen LogP contribution >= 0.6 is 0 Å². The van der Waals surface area contributed by atoms with Crippen molar-refractivity contribution < 1.29 is 24.5 Å². The van der Waals surface area contributed by atoms with Crippen molar-refractivity contribution in [3.05, 3.63) is 59.7 Å². The number of carbonyl (C=O) groups is 2. The summed E-state index contributed by atoms with van der Waals surface area (Å²) in [5.74, 6) is -0.519. The first-order valence-corrected chi connectivity index (χ1v) is 9.53. The van der Waals surface area contributed by atoms with Gasteiger partial charge in [0, 0.05) is 24.9 Å². The molecule has 3 rings (SSSR count). The van der Waals surface area contributed by atoms with E-state index in [1.807, 2.05) is 49.2 Å². The molecule has 1 aliphatic rings. The normalized spacial score (nSPS) is 15.0. The highest BCUT2D eigenvalue weighted by Crippen LogP contribution is 2.29. The summed E-state index contributed by atoms with van der Waals surface area (Å²) in [6.07, 6.45) is 0.430. The molecule has 0 saturated carbocycles. The van der Waals surface area contributed by atoms with Crippen molar-refractivity contribution in [1.82, 2.24) is 5.01 Å². The zero-order valence-electron chi connectivity index (χ0n) is 16.7. The van der Waals surface area contributed by atoms with Crippen LogP contribution in [-0.2, 0) is 21.5 Å². The largest absolute Gasteiger partial charge is 0.482 e. The van der Waals surface area contributed by atoms with Gasteiger partial charge in [-0.2, -0.15) is 0 Å². The molecule has 2 aromatic carbocycles. The van der Waals surface area contributed by atoms with Crippen molar-refractivity contribution >= 4 is 17.6 Å². The smallest absolute Gasteiger partial charge is 0.341 e. The molecule has 1 fully saturated rings. The number of carboxylic acid groups (broad SMARTS) is 1. The molecular formula is C22H26N2O5. The molecule has 1 aliphatic heterocycles. The van der Waals surface area contributed by atoms with Crippen LogP contribution in [0.25, 0.3) is 0 Å². The van der Waals surface area contributed by atoms with Gasteiger partial charge in [0.25, 0.3) is 0 Å². The van der Waals surface area contributed by atoms with Gasteiger partial charge in [-0.3, -0.25) is 4.79 Å². The Morgan fingerprint density at radius 1 is 1.17 bits per heavy atom. The highest BCUT2D eigenvalue weighted by molar-refractivity contribution is 5.94. The van der Waals surface area contributed by atoms with Crippen LogP contribution in [0, 0.1) is 0 Å². The first kappa shape index (κ1) is 20.8. The lowest BCUT2D eigenvalue weighted by atomic mass is 9.85. The van der Waals surface area contributed by atoms with Crippen molar-refractivity contribution in [3.63, 3.8) is 0 Å². The minimum atomic E-state index is -1.03. The zero-order valence-corrected chi connectivity index (χ0v) is 16.7. The van der Waals surface area contributed by atoms with E-state index < -0.39 is 12.6 Å². The molecule has 1 amide bonds. The molecule has 0 spiro atoms. The summed E-state index contributed by atoms with van der Waals surface area (Å²) in [6.45, 7) is 4.68. The van der Waals surface area contributed by atoms with Crippen LogP contribution in [-0.4, -0.2) is 46.9 Å². The molecule has 0 radical (unpaired) electrons. The Bertz CT molecular complexity index is 879. The molecule has 154 valence electrons. The number of aliphatic carboxylic acids is 1. The molecule has 7 heteroatoms. The number of aliphatic hydroxyl groups excluding tert-OH is 1. The second-order valence-electron chi connectivity index (χ2n) is 7.76. The molecular weight excluding hydrogens is 372 g/mol. The average Bonchev–Trinajstić information content (AvgIpc) is 3.06. The van der Waals surface area contributed by atoms with Gasteiger partial charge < -0.3 is 14.9 Å². The summed E-state index contributed by atoms with van der Waals surface area (Å²) in [7, 11) is 0. The van der Waals surface area contributed by atoms with Crippen LogP contribution in [0.5, 0.6) is 5.75 Å². The van der Waals surface area contributed by atoms with E-state index >= 15 is 0 Å². The number of carboxylic acids is 1. The molecule has 0 atom stereocenters. The third kappa shape index (κ3) is 4.93. The van der Waals surface area contributed by atoms with E-state index in [2.05, 4.69) is 0 Å². The fraction of sp³-hybridized carbons (Fsp3) is 0.364. The van der Waals surface area contributed by atoms with E-state index in [-0.39, 0.29) is 17.9 Å². The standard InChI is InChI=1S/C22H26N2O5/c1-22(2,15-25)17-6-8-18(9-7-17)24-20(26)10-11-23(24)13-16-4-3-5-19(12-16)29-14-21(27)28/h3-9,12,25H,10-11,13-15H2,1-2H3,(H,27,28). The van der Waals surface area contributed by atoms with Crippen molar-refractivity contribution in [2.45, 2.75) is 32.2 Å². The molecule has 0 aromatic heterocycles. The summed E-state index contributed by atoms with van der Waals surface area (Å²) in [6, 6.07) is 14.9. The maximum absolute atomic E-state index is 12.5. The first-order chi connectivity index (χ1) is 13.8. The topological polar surface area (TPSA) is 90.3 Å². The Labute approximate surface area is 170 Å². The van der Waals surface area contributed by atoms with Crippen LogP contribution in [0.2, 0.25) is 0 Å². The molecule has 2 N–H and O–H groups in total. The van der Waals surface area contributed by atoms with Gasteiger partial charge in [-0.1, -0.05) is 38.1 Å². The van der Waals surface area contributed by atoms with Crippen LogP contribution in [0.3, 0.4) is 0 Å². The van der Waals surface area contributed by atoms with Crippen LogP contribution in [0.15, 0.2) is 48.5 Å². The monoisotopic (exact) mass is 398 g/mol. The Morgan fingerprint density at radius 3 is 2.55 bits per heavy atom. The van der Waals surface area contributed by atoms with Crippen molar-refractivity contribution in [2.24, 2.45) is 0 Å². The van der Waals surface area contributed by atoms with Gasteiger partial charge in [0.1, 0.15) is 5.75 Å². The molecule has 1 saturated heterocycles. The number of anilines is 1. The summed E-state index contributed by atoms with van der Waals surface area (Å²) >= 11 is 0. The first-order valence-electron chi connectivity index (χ1n) is 9.53. The highest BCUT2D eigenvalue weighted by atomic mass is 16.5. The van der Waals surface area contributed by atoms with Crippen molar-refractivity contribution in [2.75, 3.05) is 24.8 Å². The zero-order chi connectivity index (χ0) is 21.0. The Balaban J connectivity index is 1.76. The predicted octanol–water partition coefficient (Wildman–Crippen LogP) is 2.57. The maximum Gasteiger partial charge on any atom is 0.341 e. The fourth-order valence-corrected chi connectivity index (χ4v) is 3.28. The SMILES string of the molecule is CC(C)(CO)c1ccc(N2C(=O)CCN2Cc2cccc(OCC(=O)O)c2)cc1. The number of hydrazine groups is 1. The maximum atomic E-state index is 12.5. The van der Waals surface area contributed by atoms with Crippen molar-refractivity contribution in [1.29, 1.82) is 0 Å². The molecule has 29 heavy (non-hydrogen) atoms. The second kappa shape index (κ2) is 8.63. The van der Waals surface area contributed by atoms with Gasteiger partial charge in [-0.05, 0) is 35.4 Å². The average molecular weight is 398 g/mol. The lowest BCUT2D eigenvalue weighted by molar-refractivity contribution is -0.139. The summed E-state index contributed by atoms with van der Waals surface area (Å²) in [5, 5.41) is 22.0. The molecule has 0 unspecified atom stereocenters. The van der Waals surface area contributed by atoms with E-state index in [1.165, 1.54) is 0 Å². The minimum Gasteiger partial charge on any atom is -0.482 e. The summed E-state index contributed by atoms with van der Waals surface area (Å²) in [4.78, 5) is 23.2. The quantitative estimate of drug-likeness (QED) is 0.710. The van der Waals surface area contributed by atoms with Crippen LogP contribution < -0.4 is 9.75 Å². The number of carbonyl (C=O) groups excluding carboxylic acids is 1. The number of benzene rings is 2. The number of aliphatic hydroxyl groups is 1. The van der Waals surface area contributed by atoms with Gasteiger partial charge in [0.2, 0.25) is 5.91 Å². The Kier molecular flexibility index (Phi) is 6.20. The van der Waals surface area contributed by atoms with Gasteiger partial charge in [0.05, 0.1) is 12.3 Å². The molecule has 7 nitrogen and oxygen atoms in total. The second-order valence-corrected chi connectivity index (χ2v) is 7.76. The van der Waals surface area contributed by atoms with Gasteiger partial charge in [-0.15, -0.1) is 0 Å². The fourth-order valence-electron chi connectivity index (χ4n) is 3.28. The number of rotatable bonds is 8. The Morgan fingerprint density at radius 2 is 1.90 bits per heavy atom. The third-order valence-electron chi connectivity index (χ3n) is 5.02. The number of ether oxygens (including phenoxy) is 1. The number of hydrogen-bond acceptors (Lipinski definition) is 5. The van der Waals surface area contributed by atoms with E-state index in [9.17, 15) is 14.7 Å². The van der Waals surface area contributed by atoms with E-state index in [0.717, 1.165) is 16.8 Å². The number of hydrogen-bond donors (Lipinski definition) is 2. The third-order valence-corrected chi connectivity index (χ3v) is 5.02. The summed E-state index contributed by atoms with van der Waals surface area (Å²) in [5.41, 5.74) is 2.36. The lowest BCUT2D eigenvalue weighted by Gasteiger charge is -2.29. The van der Waals surface area contributed by atoms with Crippen LogP contribution in [0.4, 0.5) is 5.69 Å². The number of nitrogens with zero attached hydrogens (tertiary/aromatic N) is 2. The lowest BCUT2D eigenvalue weighted by Crippen LogP contribution is -2.38. The summed E-state index contributed by atoms with van der Waals surface area (Å²) < 4.78 is 5.24. The molecule has 2 aromatic rings.